The lowest BCUT2D eigenvalue weighted by Crippen LogP contribution is -2.51. The van der Waals surface area contributed by atoms with Crippen LogP contribution in [-0.2, 0) is 14.3 Å². The van der Waals surface area contributed by atoms with E-state index >= 15 is 0 Å². The average Bonchev–Trinajstić information content (AvgIpc) is 3.30. The summed E-state index contributed by atoms with van der Waals surface area (Å²) in [6, 6.07) is 16.3. The van der Waals surface area contributed by atoms with Crippen molar-refractivity contribution in [3.63, 3.8) is 0 Å². The van der Waals surface area contributed by atoms with E-state index in [1.165, 1.54) is 11.1 Å². The van der Waals surface area contributed by atoms with Crippen LogP contribution >= 0.6 is 0 Å². The third-order valence-electron chi connectivity index (χ3n) is 7.65. The van der Waals surface area contributed by atoms with Crippen molar-refractivity contribution in [1.29, 1.82) is 0 Å². The molecule has 0 spiro atoms. The van der Waals surface area contributed by atoms with Gasteiger partial charge in [0.05, 0.1) is 11.8 Å². The number of carbonyl (C=O) groups excluding carboxylic acids is 2. The highest BCUT2D eigenvalue weighted by Gasteiger charge is 2.46. The van der Waals surface area contributed by atoms with Gasteiger partial charge in [-0.05, 0) is 47.9 Å². The summed E-state index contributed by atoms with van der Waals surface area (Å²) in [7, 11) is 0. The second-order valence-corrected chi connectivity index (χ2v) is 9.74. The number of rotatable bonds is 6. The molecule has 3 unspecified atom stereocenters. The molecule has 0 radical (unpaired) electrons. The number of benzene rings is 2. The van der Waals surface area contributed by atoms with E-state index in [1.54, 1.807) is 6.92 Å². The number of alkyl carbamates (subject to hydrolysis) is 1. The Kier molecular flexibility index (Phi) is 6.02. The molecule has 7 nitrogen and oxygen atoms in total. The largest absolute Gasteiger partial charge is 0.481 e. The maximum absolute atomic E-state index is 13.1. The van der Waals surface area contributed by atoms with Gasteiger partial charge in [0.2, 0.25) is 5.91 Å². The van der Waals surface area contributed by atoms with Gasteiger partial charge in [-0.15, -0.1) is 0 Å². The molecule has 7 heteroatoms. The number of hydrogen-bond donors (Lipinski definition) is 2. The van der Waals surface area contributed by atoms with Crippen molar-refractivity contribution in [2.45, 2.75) is 50.6 Å². The fourth-order valence-corrected chi connectivity index (χ4v) is 5.97. The number of nitrogens with zero attached hydrogens (tertiary/aromatic N) is 1. The van der Waals surface area contributed by atoms with Gasteiger partial charge in [0.1, 0.15) is 6.61 Å². The molecule has 2 amide bonds. The van der Waals surface area contributed by atoms with E-state index in [0.717, 1.165) is 24.0 Å². The number of hydrogen-bond acceptors (Lipinski definition) is 4. The highest BCUT2D eigenvalue weighted by molar-refractivity contribution is 5.81. The van der Waals surface area contributed by atoms with Gasteiger partial charge in [-0.1, -0.05) is 55.5 Å². The summed E-state index contributed by atoms with van der Waals surface area (Å²) in [4.78, 5) is 38.8. The summed E-state index contributed by atoms with van der Waals surface area (Å²) in [5.74, 6) is -1.56. The van der Waals surface area contributed by atoms with Gasteiger partial charge in [-0.3, -0.25) is 9.59 Å². The molecule has 2 N–H and O–H groups in total. The molecule has 2 aliphatic heterocycles. The lowest BCUT2D eigenvalue weighted by Gasteiger charge is -2.39. The fraction of sp³-hybridized carbons (Fsp3) is 0.444. The molecule has 3 atom stereocenters. The van der Waals surface area contributed by atoms with Crippen LogP contribution in [0.3, 0.4) is 0 Å². The van der Waals surface area contributed by atoms with Crippen LogP contribution in [0.25, 0.3) is 11.1 Å². The maximum Gasteiger partial charge on any atom is 0.407 e. The van der Waals surface area contributed by atoms with Crippen molar-refractivity contribution in [2.24, 2.45) is 11.8 Å². The molecule has 2 fully saturated rings. The predicted octanol–water partition coefficient (Wildman–Crippen LogP) is 4.02. The Hall–Kier alpha value is -3.35. The zero-order valence-corrected chi connectivity index (χ0v) is 19.3. The monoisotopic (exact) mass is 462 g/mol. The third kappa shape index (κ3) is 4.04. The molecule has 178 valence electrons. The zero-order valence-electron chi connectivity index (χ0n) is 19.3. The SMILES string of the molecule is CC(CNC(=O)OCC1c2ccccc2-c2ccccc21)C(=O)N1C2CCC1CC(C(=O)O)C2. The summed E-state index contributed by atoms with van der Waals surface area (Å²) in [6.45, 7) is 2.22. The first kappa shape index (κ1) is 22.4. The second-order valence-electron chi connectivity index (χ2n) is 9.74. The van der Waals surface area contributed by atoms with Crippen molar-refractivity contribution in [1.82, 2.24) is 10.2 Å². The van der Waals surface area contributed by atoms with E-state index in [2.05, 4.69) is 29.6 Å². The number of carbonyl (C=O) groups is 3. The van der Waals surface area contributed by atoms with Crippen LogP contribution in [0.4, 0.5) is 4.79 Å². The minimum absolute atomic E-state index is 0.00995. The first-order chi connectivity index (χ1) is 16.4. The Labute approximate surface area is 199 Å². The van der Waals surface area contributed by atoms with Crippen LogP contribution in [0, 0.1) is 11.8 Å². The molecular weight excluding hydrogens is 432 g/mol. The Morgan fingerprint density at radius 2 is 1.56 bits per heavy atom. The number of aliphatic carboxylic acids is 1. The Morgan fingerprint density at radius 1 is 1.00 bits per heavy atom. The number of carboxylic acids is 1. The third-order valence-corrected chi connectivity index (χ3v) is 7.65. The summed E-state index contributed by atoms with van der Waals surface area (Å²) in [5.41, 5.74) is 4.65. The van der Waals surface area contributed by atoms with Crippen LogP contribution in [0.15, 0.2) is 48.5 Å². The summed E-state index contributed by atoms with van der Waals surface area (Å²) < 4.78 is 5.57. The number of amides is 2. The van der Waals surface area contributed by atoms with Crippen molar-refractivity contribution >= 4 is 18.0 Å². The molecule has 2 aromatic carbocycles. The number of piperidine rings is 1. The molecule has 2 bridgehead atoms. The Balaban J connectivity index is 1.15. The number of fused-ring (bicyclic) bond motifs is 5. The molecule has 2 aromatic rings. The van der Waals surface area contributed by atoms with Gasteiger partial charge < -0.3 is 20.1 Å². The van der Waals surface area contributed by atoms with Gasteiger partial charge in [0, 0.05) is 24.5 Å². The van der Waals surface area contributed by atoms with Gasteiger partial charge in [0.25, 0.3) is 0 Å². The molecule has 5 rings (SSSR count). The van der Waals surface area contributed by atoms with Gasteiger partial charge >= 0.3 is 12.1 Å². The molecular formula is C27H30N2O5. The predicted molar refractivity (Wildman–Crippen MR) is 126 cm³/mol. The number of ether oxygens (including phenoxy) is 1. The zero-order chi connectivity index (χ0) is 23.8. The minimum atomic E-state index is -0.769. The van der Waals surface area contributed by atoms with Gasteiger partial charge in [-0.25, -0.2) is 4.79 Å². The van der Waals surface area contributed by atoms with E-state index in [4.69, 9.17) is 4.74 Å². The first-order valence-corrected chi connectivity index (χ1v) is 12.1. The molecule has 0 saturated carbocycles. The Morgan fingerprint density at radius 3 is 2.12 bits per heavy atom. The second kappa shape index (κ2) is 9.12. The van der Waals surface area contributed by atoms with Crippen molar-refractivity contribution in [2.75, 3.05) is 13.2 Å². The van der Waals surface area contributed by atoms with E-state index in [9.17, 15) is 19.5 Å². The maximum atomic E-state index is 13.1. The molecule has 2 saturated heterocycles. The summed E-state index contributed by atoms with van der Waals surface area (Å²) in [6.07, 6.45) is 2.21. The van der Waals surface area contributed by atoms with Crippen molar-refractivity contribution in [3.8, 4) is 11.1 Å². The van der Waals surface area contributed by atoms with E-state index in [1.807, 2.05) is 29.2 Å². The molecule has 1 aliphatic carbocycles. The van der Waals surface area contributed by atoms with Gasteiger partial charge in [0.15, 0.2) is 0 Å². The average molecular weight is 463 g/mol. The fourth-order valence-electron chi connectivity index (χ4n) is 5.97. The van der Waals surface area contributed by atoms with Crippen LogP contribution in [0.5, 0.6) is 0 Å². The normalized spacial score (nSPS) is 23.7. The molecule has 3 aliphatic rings. The highest BCUT2D eigenvalue weighted by Crippen LogP contribution is 2.44. The molecule has 2 heterocycles. The van der Waals surface area contributed by atoms with E-state index in [-0.39, 0.29) is 43.0 Å². The van der Waals surface area contributed by atoms with Crippen LogP contribution in [-0.4, -0.2) is 53.2 Å². The number of carboxylic acid groups (broad SMARTS) is 1. The number of nitrogens with one attached hydrogen (secondary N) is 1. The molecule has 0 aromatic heterocycles. The standard InChI is InChI=1S/C27H30N2O5/c1-16(25(30)29-18-10-11-19(29)13-17(12-18)26(31)32)14-28-27(33)34-15-24-22-8-4-2-6-20(22)21-7-3-5-9-23(21)24/h2-9,16-19,24H,10-15H2,1H3,(H,28,33)(H,31,32). The molecule has 34 heavy (non-hydrogen) atoms. The highest BCUT2D eigenvalue weighted by atomic mass is 16.5. The first-order valence-electron chi connectivity index (χ1n) is 12.1. The summed E-state index contributed by atoms with van der Waals surface area (Å²) >= 11 is 0. The smallest absolute Gasteiger partial charge is 0.407 e. The van der Waals surface area contributed by atoms with Gasteiger partial charge in [-0.2, -0.15) is 0 Å². The lowest BCUT2D eigenvalue weighted by molar-refractivity contribution is -0.149. The van der Waals surface area contributed by atoms with Crippen LogP contribution in [0.2, 0.25) is 0 Å². The van der Waals surface area contributed by atoms with Crippen molar-refractivity contribution in [3.05, 3.63) is 59.7 Å². The van der Waals surface area contributed by atoms with E-state index < -0.39 is 18.0 Å². The van der Waals surface area contributed by atoms with Crippen LogP contribution in [0.1, 0.15) is 49.7 Å². The topological polar surface area (TPSA) is 95.9 Å². The minimum Gasteiger partial charge on any atom is -0.481 e. The summed E-state index contributed by atoms with van der Waals surface area (Å²) in [5, 5.41) is 12.1. The quantitative estimate of drug-likeness (QED) is 0.676. The lowest BCUT2D eigenvalue weighted by atomic mass is 9.90. The Bertz CT molecular complexity index is 1060. The van der Waals surface area contributed by atoms with E-state index in [0.29, 0.717) is 12.8 Å². The van der Waals surface area contributed by atoms with Crippen LogP contribution < -0.4 is 5.32 Å². The van der Waals surface area contributed by atoms with Crippen molar-refractivity contribution < 1.29 is 24.2 Å².